The predicted molar refractivity (Wildman–Crippen MR) is 91.9 cm³/mol. The van der Waals surface area contributed by atoms with Crippen molar-refractivity contribution in [2.24, 2.45) is 0 Å². The van der Waals surface area contributed by atoms with Gasteiger partial charge in [0.25, 0.3) is 0 Å². The molecule has 0 aromatic carbocycles. The highest BCUT2D eigenvalue weighted by atomic mass is 16.7. The summed E-state index contributed by atoms with van der Waals surface area (Å²) in [6.07, 6.45) is 18.7. The molecule has 1 heterocycles. The monoisotopic (exact) mass is 312 g/mol. The van der Waals surface area contributed by atoms with E-state index in [2.05, 4.69) is 19.1 Å². The van der Waals surface area contributed by atoms with Gasteiger partial charge in [0.05, 0.1) is 6.10 Å². The van der Waals surface area contributed by atoms with Gasteiger partial charge in [-0.3, -0.25) is 0 Å². The van der Waals surface area contributed by atoms with Crippen LogP contribution >= 0.6 is 0 Å². The van der Waals surface area contributed by atoms with Crippen LogP contribution in [0.15, 0.2) is 12.2 Å². The molecule has 1 aliphatic rings. The summed E-state index contributed by atoms with van der Waals surface area (Å²) in [5, 5.41) is 8.71. The first-order valence-electron chi connectivity index (χ1n) is 9.39. The fraction of sp³-hybridized carbons (Fsp3) is 0.895. The standard InChI is InChI=1S/C19H36O3/c1-2-13-18(22-19-15-10-12-17-21-19)14-9-7-5-3-4-6-8-11-16-20/h3-4,18-20H,2,5-17H2,1H3/b4-3-. The van der Waals surface area contributed by atoms with Crippen molar-refractivity contribution in [2.75, 3.05) is 13.2 Å². The molecule has 22 heavy (non-hydrogen) atoms. The minimum atomic E-state index is 0.0525. The molecule has 0 aromatic rings. The van der Waals surface area contributed by atoms with Crippen molar-refractivity contribution in [3.63, 3.8) is 0 Å². The summed E-state index contributed by atoms with van der Waals surface area (Å²) in [5.74, 6) is 0. The van der Waals surface area contributed by atoms with Crippen LogP contribution in [0, 0.1) is 0 Å². The average molecular weight is 312 g/mol. The second kappa shape index (κ2) is 14.2. The van der Waals surface area contributed by atoms with Crippen LogP contribution in [-0.4, -0.2) is 30.7 Å². The van der Waals surface area contributed by atoms with E-state index in [0.29, 0.717) is 12.7 Å². The van der Waals surface area contributed by atoms with Gasteiger partial charge in [0, 0.05) is 13.2 Å². The van der Waals surface area contributed by atoms with Gasteiger partial charge in [0.1, 0.15) is 0 Å². The topological polar surface area (TPSA) is 38.7 Å². The second-order valence-corrected chi connectivity index (χ2v) is 6.32. The summed E-state index contributed by atoms with van der Waals surface area (Å²) in [6, 6.07) is 0. The van der Waals surface area contributed by atoms with Crippen LogP contribution in [0.3, 0.4) is 0 Å². The Labute approximate surface area is 137 Å². The predicted octanol–water partition coefficient (Wildman–Crippen LogP) is 4.98. The molecule has 1 fully saturated rings. The number of hydrogen-bond donors (Lipinski definition) is 1. The zero-order chi connectivity index (χ0) is 15.9. The third-order valence-electron chi connectivity index (χ3n) is 4.19. The number of aliphatic hydroxyl groups is 1. The number of rotatable bonds is 13. The number of unbranched alkanes of at least 4 members (excludes halogenated alkanes) is 4. The molecule has 0 spiro atoms. The lowest BCUT2D eigenvalue weighted by Gasteiger charge is -2.27. The van der Waals surface area contributed by atoms with Crippen molar-refractivity contribution in [1.82, 2.24) is 0 Å². The van der Waals surface area contributed by atoms with E-state index >= 15 is 0 Å². The Balaban J connectivity index is 2.05. The van der Waals surface area contributed by atoms with Crippen molar-refractivity contribution in [3.8, 4) is 0 Å². The van der Waals surface area contributed by atoms with Gasteiger partial charge in [-0.15, -0.1) is 0 Å². The molecule has 1 rings (SSSR count). The fourth-order valence-electron chi connectivity index (χ4n) is 2.88. The molecule has 0 radical (unpaired) electrons. The first-order chi connectivity index (χ1) is 10.9. The zero-order valence-electron chi connectivity index (χ0n) is 14.5. The molecule has 1 saturated heterocycles. The van der Waals surface area contributed by atoms with Gasteiger partial charge in [-0.2, -0.15) is 0 Å². The molecule has 2 unspecified atom stereocenters. The van der Waals surface area contributed by atoms with Crippen LogP contribution < -0.4 is 0 Å². The molecule has 0 bridgehead atoms. The van der Waals surface area contributed by atoms with Crippen LogP contribution in [0.25, 0.3) is 0 Å². The lowest BCUT2D eigenvalue weighted by atomic mass is 10.1. The molecule has 0 saturated carbocycles. The van der Waals surface area contributed by atoms with Crippen LogP contribution in [0.2, 0.25) is 0 Å². The van der Waals surface area contributed by atoms with Crippen molar-refractivity contribution >= 4 is 0 Å². The molecular weight excluding hydrogens is 276 g/mol. The maximum Gasteiger partial charge on any atom is 0.157 e. The molecule has 3 nitrogen and oxygen atoms in total. The molecule has 0 aromatic heterocycles. The molecule has 1 aliphatic heterocycles. The number of allylic oxidation sites excluding steroid dienone is 2. The van der Waals surface area contributed by atoms with Gasteiger partial charge in [-0.1, -0.05) is 31.9 Å². The Bertz CT molecular complexity index is 259. The van der Waals surface area contributed by atoms with Crippen LogP contribution in [0.4, 0.5) is 0 Å². The van der Waals surface area contributed by atoms with Gasteiger partial charge < -0.3 is 14.6 Å². The van der Waals surface area contributed by atoms with E-state index in [1.54, 1.807) is 0 Å². The summed E-state index contributed by atoms with van der Waals surface area (Å²) in [5.41, 5.74) is 0. The van der Waals surface area contributed by atoms with Crippen molar-refractivity contribution in [2.45, 2.75) is 96.4 Å². The van der Waals surface area contributed by atoms with Crippen molar-refractivity contribution < 1.29 is 14.6 Å². The van der Waals surface area contributed by atoms with Crippen LogP contribution in [0.5, 0.6) is 0 Å². The Morgan fingerprint density at radius 2 is 1.86 bits per heavy atom. The van der Waals surface area contributed by atoms with Crippen molar-refractivity contribution in [3.05, 3.63) is 12.2 Å². The van der Waals surface area contributed by atoms with E-state index in [1.807, 2.05) is 0 Å². The Morgan fingerprint density at radius 3 is 2.50 bits per heavy atom. The minimum Gasteiger partial charge on any atom is -0.396 e. The zero-order valence-corrected chi connectivity index (χ0v) is 14.5. The maximum absolute atomic E-state index is 8.71. The number of ether oxygens (including phenoxy) is 2. The van der Waals surface area contributed by atoms with E-state index in [0.717, 1.165) is 51.6 Å². The minimum absolute atomic E-state index is 0.0525. The van der Waals surface area contributed by atoms with E-state index in [-0.39, 0.29) is 6.29 Å². The molecule has 3 heteroatoms. The van der Waals surface area contributed by atoms with Gasteiger partial charge in [0.2, 0.25) is 0 Å². The van der Waals surface area contributed by atoms with Gasteiger partial charge in [-0.05, 0) is 64.2 Å². The molecule has 0 aliphatic carbocycles. The summed E-state index contributed by atoms with van der Waals surface area (Å²) >= 11 is 0. The highest BCUT2D eigenvalue weighted by molar-refractivity contribution is 4.81. The van der Waals surface area contributed by atoms with E-state index in [1.165, 1.54) is 32.1 Å². The lowest BCUT2D eigenvalue weighted by molar-refractivity contribution is -0.190. The molecule has 130 valence electrons. The highest BCUT2D eigenvalue weighted by Crippen LogP contribution is 2.20. The van der Waals surface area contributed by atoms with Gasteiger partial charge >= 0.3 is 0 Å². The van der Waals surface area contributed by atoms with Gasteiger partial charge in [0.15, 0.2) is 6.29 Å². The van der Waals surface area contributed by atoms with E-state index in [9.17, 15) is 0 Å². The summed E-state index contributed by atoms with van der Waals surface area (Å²) in [4.78, 5) is 0. The summed E-state index contributed by atoms with van der Waals surface area (Å²) < 4.78 is 11.8. The van der Waals surface area contributed by atoms with E-state index in [4.69, 9.17) is 14.6 Å². The maximum atomic E-state index is 8.71. The van der Waals surface area contributed by atoms with Crippen LogP contribution in [-0.2, 0) is 9.47 Å². The van der Waals surface area contributed by atoms with Gasteiger partial charge in [-0.25, -0.2) is 0 Å². The quantitative estimate of drug-likeness (QED) is 0.385. The lowest BCUT2D eigenvalue weighted by Crippen LogP contribution is -2.28. The Morgan fingerprint density at radius 1 is 1.09 bits per heavy atom. The van der Waals surface area contributed by atoms with Crippen LogP contribution in [0.1, 0.15) is 84.0 Å². The summed E-state index contributed by atoms with van der Waals surface area (Å²) in [7, 11) is 0. The Hall–Kier alpha value is -0.380. The first-order valence-corrected chi connectivity index (χ1v) is 9.39. The molecular formula is C19H36O3. The second-order valence-electron chi connectivity index (χ2n) is 6.32. The number of aliphatic hydroxyl groups excluding tert-OH is 1. The Kier molecular flexibility index (Phi) is 12.7. The van der Waals surface area contributed by atoms with Crippen molar-refractivity contribution in [1.29, 1.82) is 0 Å². The number of hydrogen-bond acceptors (Lipinski definition) is 3. The fourth-order valence-corrected chi connectivity index (χ4v) is 2.88. The molecule has 0 amide bonds. The SMILES string of the molecule is CCCC(CCCC/C=C\CCCCO)OC1CCCCO1. The summed E-state index contributed by atoms with van der Waals surface area (Å²) in [6.45, 7) is 3.41. The molecule has 2 atom stereocenters. The van der Waals surface area contributed by atoms with E-state index < -0.39 is 0 Å². The highest BCUT2D eigenvalue weighted by Gasteiger charge is 2.18. The molecule has 1 N–H and O–H groups in total. The smallest absolute Gasteiger partial charge is 0.157 e. The normalized spacial score (nSPS) is 20.5. The third kappa shape index (κ3) is 10.4. The largest absolute Gasteiger partial charge is 0.396 e. The third-order valence-corrected chi connectivity index (χ3v) is 4.19. The first kappa shape index (κ1) is 19.7. The average Bonchev–Trinajstić information content (AvgIpc) is 2.54.